The molecule has 0 radical (unpaired) electrons. The Morgan fingerprint density at radius 2 is 1.83 bits per heavy atom. The molecule has 1 N–H and O–H groups in total. The van der Waals surface area contributed by atoms with Crippen molar-refractivity contribution in [1.29, 1.82) is 0 Å². The maximum Gasteiger partial charge on any atom is 0.238 e. The van der Waals surface area contributed by atoms with E-state index in [0.717, 1.165) is 37.7 Å². The zero-order valence-electron chi connectivity index (χ0n) is 13.2. The molecular formula is C16H21F2NO3S. The summed E-state index contributed by atoms with van der Waals surface area (Å²) in [5.74, 6) is -2.06. The van der Waals surface area contributed by atoms with Crippen molar-refractivity contribution >= 4 is 15.7 Å². The van der Waals surface area contributed by atoms with E-state index in [9.17, 15) is 22.0 Å². The van der Waals surface area contributed by atoms with Crippen LogP contribution in [0.2, 0.25) is 0 Å². The van der Waals surface area contributed by atoms with Crippen molar-refractivity contribution in [3.63, 3.8) is 0 Å². The van der Waals surface area contributed by atoms with Crippen LogP contribution in [0.1, 0.15) is 44.6 Å². The number of sulfone groups is 1. The SMILES string of the molecule is C[C@@H](C(=O)NC1(c2ccc(F)cc2F)CCCCC1)S(C)(=O)=O. The third-order valence-corrected chi connectivity index (χ3v) is 6.03. The van der Waals surface area contributed by atoms with Gasteiger partial charge >= 0.3 is 0 Å². The summed E-state index contributed by atoms with van der Waals surface area (Å²) in [5, 5.41) is 1.52. The van der Waals surface area contributed by atoms with Gasteiger partial charge in [-0.15, -0.1) is 0 Å². The van der Waals surface area contributed by atoms with Crippen LogP contribution in [0.4, 0.5) is 8.78 Å². The van der Waals surface area contributed by atoms with E-state index in [0.29, 0.717) is 12.8 Å². The summed E-state index contributed by atoms with van der Waals surface area (Å²) in [6.45, 7) is 1.31. The van der Waals surface area contributed by atoms with E-state index in [2.05, 4.69) is 5.32 Å². The minimum absolute atomic E-state index is 0.215. The summed E-state index contributed by atoms with van der Waals surface area (Å²) in [6.07, 6.45) is 4.51. The number of hydrogen-bond acceptors (Lipinski definition) is 3. The molecule has 1 aliphatic carbocycles. The molecule has 1 fully saturated rings. The van der Waals surface area contributed by atoms with Gasteiger partial charge in [0.25, 0.3) is 0 Å². The van der Waals surface area contributed by atoms with Crippen LogP contribution < -0.4 is 5.32 Å². The average Bonchev–Trinajstić information content (AvgIpc) is 2.46. The molecule has 1 amide bonds. The van der Waals surface area contributed by atoms with Gasteiger partial charge in [-0.25, -0.2) is 17.2 Å². The number of carbonyl (C=O) groups excluding carboxylic acids is 1. The summed E-state index contributed by atoms with van der Waals surface area (Å²) in [6, 6.07) is 3.28. The second-order valence-electron chi connectivity index (χ2n) is 6.23. The maximum absolute atomic E-state index is 14.3. The standard InChI is InChI=1S/C16H21F2NO3S/c1-11(23(2,21)22)15(20)19-16(8-4-3-5-9-16)13-7-6-12(17)10-14(13)18/h6-7,10-11H,3-5,8-9H2,1-2H3,(H,19,20)/t11-/m0/s1. The van der Waals surface area contributed by atoms with Crippen LogP contribution in [0.5, 0.6) is 0 Å². The predicted molar refractivity (Wildman–Crippen MR) is 83.6 cm³/mol. The summed E-state index contributed by atoms with van der Waals surface area (Å²) in [4.78, 5) is 12.3. The van der Waals surface area contributed by atoms with Gasteiger partial charge in [0.2, 0.25) is 5.91 Å². The minimum Gasteiger partial charge on any atom is -0.345 e. The highest BCUT2D eigenvalue weighted by Crippen LogP contribution is 2.38. The zero-order valence-corrected chi connectivity index (χ0v) is 14.1. The predicted octanol–water partition coefficient (Wildman–Crippen LogP) is 2.67. The first kappa shape index (κ1) is 17.8. The molecular weight excluding hydrogens is 324 g/mol. The van der Waals surface area contributed by atoms with Crippen molar-refractivity contribution in [2.24, 2.45) is 0 Å². The smallest absolute Gasteiger partial charge is 0.238 e. The Balaban J connectivity index is 2.38. The zero-order chi connectivity index (χ0) is 17.3. The number of amides is 1. The van der Waals surface area contributed by atoms with Crippen LogP contribution in [0.15, 0.2) is 18.2 Å². The van der Waals surface area contributed by atoms with Gasteiger partial charge in [0.1, 0.15) is 16.9 Å². The first-order valence-corrected chi connectivity index (χ1v) is 9.58. The van der Waals surface area contributed by atoms with Gasteiger partial charge in [-0.05, 0) is 25.8 Å². The number of nitrogens with one attached hydrogen (secondary N) is 1. The van der Waals surface area contributed by atoms with Gasteiger partial charge in [-0.1, -0.05) is 25.3 Å². The van der Waals surface area contributed by atoms with Crippen LogP contribution in [0.3, 0.4) is 0 Å². The first-order chi connectivity index (χ1) is 10.7. The average molecular weight is 345 g/mol. The molecule has 23 heavy (non-hydrogen) atoms. The van der Waals surface area contributed by atoms with Crippen LogP contribution in [-0.2, 0) is 20.2 Å². The molecule has 1 aromatic carbocycles. The Morgan fingerprint density at radius 1 is 1.22 bits per heavy atom. The van der Waals surface area contributed by atoms with E-state index in [1.54, 1.807) is 0 Å². The first-order valence-electron chi connectivity index (χ1n) is 7.62. The molecule has 0 aliphatic heterocycles. The van der Waals surface area contributed by atoms with Crippen LogP contribution in [0.25, 0.3) is 0 Å². The second kappa shape index (κ2) is 6.55. The lowest BCUT2D eigenvalue weighted by molar-refractivity contribution is -0.123. The molecule has 0 spiro atoms. The molecule has 2 rings (SSSR count). The number of hydrogen-bond donors (Lipinski definition) is 1. The Morgan fingerprint density at radius 3 is 2.35 bits per heavy atom. The summed E-state index contributed by atoms with van der Waals surface area (Å²) >= 11 is 0. The molecule has 1 aliphatic rings. The highest BCUT2D eigenvalue weighted by molar-refractivity contribution is 7.92. The molecule has 4 nitrogen and oxygen atoms in total. The Hall–Kier alpha value is -1.50. The van der Waals surface area contributed by atoms with Crippen molar-refractivity contribution in [3.05, 3.63) is 35.4 Å². The molecule has 0 unspecified atom stereocenters. The van der Waals surface area contributed by atoms with Gasteiger partial charge in [0, 0.05) is 17.9 Å². The van der Waals surface area contributed by atoms with Crippen molar-refractivity contribution in [3.8, 4) is 0 Å². The summed E-state index contributed by atoms with van der Waals surface area (Å²) < 4.78 is 50.6. The molecule has 1 saturated carbocycles. The highest BCUT2D eigenvalue weighted by atomic mass is 32.2. The fraction of sp³-hybridized carbons (Fsp3) is 0.562. The maximum atomic E-state index is 14.3. The molecule has 0 heterocycles. The topological polar surface area (TPSA) is 63.2 Å². The van der Waals surface area contributed by atoms with Crippen molar-refractivity contribution < 1.29 is 22.0 Å². The van der Waals surface area contributed by atoms with E-state index >= 15 is 0 Å². The molecule has 1 atom stereocenters. The van der Waals surface area contributed by atoms with E-state index in [1.165, 1.54) is 13.0 Å². The fourth-order valence-corrected chi connectivity index (χ4v) is 3.47. The van der Waals surface area contributed by atoms with E-state index < -0.39 is 38.2 Å². The third kappa shape index (κ3) is 3.88. The largest absolute Gasteiger partial charge is 0.345 e. The van der Waals surface area contributed by atoms with Gasteiger partial charge in [-0.2, -0.15) is 0 Å². The molecule has 1 aromatic rings. The van der Waals surface area contributed by atoms with Crippen molar-refractivity contribution in [2.75, 3.05) is 6.26 Å². The van der Waals surface area contributed by atoms with E-state index in [1.807, 2.05) is 0 Å². The summed E-state index contributed by atoms with van der Waals surface area (Å²) in [5.41, 5.74) is -0.765. The van der Waals surface area contributed by atoms with Crippen LogP contribution in [-0.4, -0.2) is 25.8 Å². The van der Waals surface area contributed by atoms with Crippen molar-refractivity contribution in [1.82, 2.24) is 5.32 Å². The monoisotopic (exact) mass is 345 g/mol. The van der Waals surface area contributed by atoms with Gasteiger partial charge in [0.15, 0.2) is 9.84 Å². The minimum atomic E-state index is -3.54. The second-order valence-corrected chi connectivity index (χ2v) is 8.59. The lowest BCUT2D eigenvalue weighted by Gasteiger charge is -2.39. The van der Waals surface area contributed by atoms with Crippen molar-refractivity contribution in [2.45, 2.75) is 49.8 Å². The van der Waals surface area contributed by atoms with Gasteiger partial charge < -0.3 is 5.32 Å². The Labute approximate surface area is 135 Å². The Bertz CT molecular complexity index is 697. The molecule has 128 valence electrons. The van der Waals surface area contributed by atoms with Gasteiger partial charge in [0.05, 0.1) is 5.54 Å². The number of halogens is 2. The molecule has 0 saturated heterocycles. The fourth-order valence-electron chi connectivity index (χ4n) is 3.03. The molecule has 0 aromatic heterocycles. The van der Waals surface area contributed by atoms with E-state index in [4.69, 9.17) is 0 Å². The summed E-state index contributed by atoms with van der Waals surface area (Å²) in [7, 11) is -3.54. The molecule has 0 bridgehead atoms. The number of carbonyl (C=O) groups is 1. The third-order valence-electron chi connectivity index (χ3n) is 4.53. The van der Waals surface area contributed by atoms with Crippen LogP contribution >= 0.6 is 0 Å². The van der Waals surface area contributed by atoms with Crippen LogP contribution in [0, 0.1) is 11.6 Å². The normalized spacial score (nSPS) is 19.1. The van der Waals surface area contributed by atoms with E-state index in [-0.39, 0.29) is 5.56 Å². The number of rotatable bonds is 4. The quantitative estimate of drug-likeness (QED) is 0.912. The van der Waals surface area contributed by atoms with Gasteiger partial charge in [-0.3, -0.25) is 4.79 Å². The molecule has 7 heteroatoms. The lowest BCUT2D eigenvalue weighted by Crippen LogP contribution is -2.51. The Kier molecular flexibility index (Phi) is 5.08. The highest BCUT2D eigenvalue weighted by Gasteiger charge is 2.39. The number of benzene rings is 1. The lowest BCUT2D eigenvalue weighted by atomic mass is 9.76.